The molecule has 12 heavy (non-hydrogen) atoms. The van der Waals surface area contributed by atoms with Gasteiger partial charge in [0.25, 0.3) is 0 Å². The second-order valence-electron chi connectivity index (χ2n) is 2.75. The van der Waals surface area contributed by atoms with E-state index in [-0.39, 0.29) is 6.42 Å². The van der Waals surface area contributed by atoms with E-state index in [2.05, 4.69) is 0 Å². The van der Waals surface area contributed by atoms with E-state index >= 15 is 0 Å². The minimum absolute atomic E-state index is 0.217. The van der Waals surface area contributed by atoms with E-state index in [1.165, 1.54) is 0 Å². The van der Waals surface area contributed by atoms with Crippen LogP contribution in [0.4, 0.5) is 0 Å². The number of carbonyl (C=O) groups excluding carboxylic acids is 1. The van der Waals surface area contributed by atoms with Crippen LogP contribution in [0, 0.1) is 0 Å². The predicted molar refractivity (Wildman–Crippen MR) is 46.8 cm³/mol. The highest BCUT2D eigenvalue weighted by atomic mass is 16.3. The molecule has 64 valence electrons. The fraction of sp³-hybridized carbons (Fsp3) is 0.300. The number of aldehydes is 1. The zero-order chi connectivity index (χ0) is 8.81. The summed E-state index contributed by atoms with van der Waals surface area (Å²) in [5, 5.41) is 9.27. The number of rotatable bonds is 4. The standard InChI is InChI=1S/C10H12O2/c11-7-6-10(12)8-9-4-2-1-3-5-9/h1-5,7,10,12H,6,8H2/t10-/m1/s1. The van der Waals surface area contributed by atoms with Crippen LogP contribution >= 0.6 is 0 Å². The van der Waals surface area contributed by atoms with Gasteiger partial charge in [-0.15, -0.1) is 0 Å². The molecule has 0 amide bonds. The third kappa shape index (κ3) is 2.84. The molecular weight excluding hydrogens is 152 g/mol. The summed E-state index contributed by atoms with van der Waals surface area (Å²) in [6, 6.07) is 9.64. The molecule has 0 spiro atoms. The monoisotopic (exact) mass is 164 g/mol. The summed E-state index contributed by atoms with van der Waals surface area (Å²) in [5.41, 5.74) is 1.06. The van der Waals surface area contributed by atoms with Crippen molar-refractivity contribution < 1.29 is 9.90 Å². The van der Waals surface area contributed by atoms with Crippen LogP contribution in [0.2, 0.25) is 0 Å². The molecule has 0 aliphatic carbocycles. The first-order valence-electron chi connectivity index (χ1n) is 3.98. The van der Waals surface area contributed by atoms with E-state index in [4.69, 9.17) is 0 Å². The van der Waals surface area contributed by atoms with Crippen LogP contribution in [-0.2, 0) is 11.2 Å². The van der Waals surface area contributed by atoms with E-state index in [9.17, 15) is 9.90 Å². The summed E-state index contributed by atoms with van der Waals surface area (Å²) in [5.74, 6) is 0. The van der Waals surface area contributed by atoms with Gasteiger partial charge in [0.15, 0.2) is 0 Å². The number of hydrogen-bond acceptors (Lipinski definition) is 2. The van der Waals surface area contributed by atoms with Gasteiger partial charge in [-0.1, -0.05) is 30.3 Å². The van der Waals surface area contributed by atoms with E-state index < -0.39 is 6.10 Å². The minimum Gasteiger partial charge on any atom is -0.392 e. The lowest BCUT2D eigenvalue weighted by Gasteiger charge is -2.05. The summed E-state index contributed by atoms with van der Waals surface area (Å²) < 4.78 is 0. The van der Waals surface area contributed by atoms with Crippen molar-refractivity contribution in [1.29, 1.82) is 0 Å². The topological polar surface area (TPSA) is 37.3 Å². The first-order chi connectivity index (χ1) is 5.83. The quantitative estimate of drug-likeness (QED) is 0.678. The van der Waals surface area contributed by atoms with Gasteiger partial charge in [0.1, 0.15) is 6.29 Å². The van der Waals surface area contributed by atoms with Crippen molar-refractivity contribution in [2.45, 2.75) is 18.9 Å². The molecule has 1 N–H and O–H groups in total. The lowest BCUT2D eigenvalue weighted by Crippen LogP contribution is -2.10. The Morgan fingerprint density at radius 2 is 2.00 bits per heavy atom. The predicted octanol–water partition coefficient (Wildman–Crippen LogP) is 1.18. The van der Waals surface area contributed by atoms with E-state index in [1.54, 1.807) is 0 Å². The maximum absolute atomic E-state index is 10.0. The summed E-state index contributed by atoms with van der Waals surface area (Å²) in [6.45, 7) is 0. The Labute approximate surface area is 71.8 Å². The molecule has 0 aliphatic heterocycles. The molecule has 2 heteroatoms. The normalized spacial score (nSPS) is 12.4. The third-order valence-corrected chi connectivity index (χ3v) is 1.68. The van der Waals surface area contributed by atoms with Crippen molar-refractivity contribution in [3.8, 4) is 0 Å². The highest BCUT2D eigenvalue weighted by Crippen LogP contribution is 2.03. The highest BCUT2D eigenvalue weighted by molar-refractivity contribution is 5.50. The zero-order valence-electron chi connectivity index (χ0n) is 6.81. The molecule has 0 saturated heterocycles. The number of carbonyl (C=O) groups is 1. The summed E-state index contributed by atoms with van der Waals surface area (Å²) in [4.78, 5) is 10.0. The van der Waals surface area contributed by atoms with Gasteiger partial charge in [0, 0.05) is 6.42 Å². The number of aliphatic hydroxyl groups excluding tert-OH is 1. The molecule has 1 rings (SSSR count). The zero-order valence-corrected chi connectivity index (χ0v) is 6.81. The third-order valence-electron chi connectivity index (χ3n) is 1.68. The molecule has 2 nitrogen and oxygen atoms in total. The molecule has 0 aromatic heterocycles. The summed E-state index contributed by atoms with van der Waals surface area (Å²) in [7, 11) is 0. The molecule has 0 aliphatic rings. The lowest BCUT2D eigenvalue weighted by molar-refractivity contribution is -0.109. The Balaban J connectivity index is 2.46. The van der Waals surface area contributed by atoms with Crippen LogP contribution < -0.4 is 0 Å². The van der Waals surface area contributed by atoms with Crippen molar-refractivity contribution in [1.82, 2.24) is 0 Å². The number of benzene rings is 1. The van der Waals surface area contributed by atoms with Gasteiger partial charge in [0.2, 0.25) is 0 Å². The van der Waals surface area contributed by atoms with Crippen molar-refractivity contribution in [3.05, 3.63) is 35.9 Å². The van der Waals surface area contributed by atoms with Crippen molar-refractivity contribution in [2.75, 3.05) is 0 Å². The summed E-state index contributed by atoms with van der Waals surface area (Å²) >= 11 is 0. The van der Waals surface area contributed by atoms with Crippen LogP contribution in [0.25, 0.3) is 0 Å². The van der Waals surface area contributed by atoms with Crippen molar-refractivity contribution in [2.24, 2.45) is 0 Å². The van der Waals surface area contributed by atoms with E-state index in [0.717, 1.165) is 11.8 Å². The van der Waals surface area contributed by atoms with Crippen molar-refractivity contribution in [3.63, 3.8) is 0 Å². The Hall–Kier alpha value is -1.15. The van der Waals surface area contributed by atoms with Gasteiger partial charge in [0.05, 0.1) is 6.10 Å². The maximum Gasteiger partial charge on any atom is 0.122 e. The van der Waals surface area contributed by atoms with Gasteiger partial charge in [-0.3, -0.25) is 0 Å². The second-order valence-corrected chi connectivity index (χ2v) is 2.75. The Morgan fingerprint density at radius 3 is 2.58 bits per heavy atom. The molecule has 1 aromatic carbocycles. The van der Waals surface area contributed by atoms with Gasteiger partial charge < -0.3 is 9.90 Å². The highest BCUT2D eigenvalue weighted by Gasteiger charge is 2.03. The molecular formula is C10H12O2. The molecule has 1 atom stereocenters. The summed E-state index contributed by atoms with van der Waals surface area (Å²) in [6.07, 6.45) is 0.979. The number of aliphatic hydroxyl groups is 1. The van der Waals surface area contributed by atoms with Crippen molar-refractivity contribution >= 4 is 6.29 Å². The molecule has 1 aromatic rings. The van der Waals surface area contributed by atoms with E-state index in [1.807, 2.05) is 30.3 Å². The van der Waals surface area contributed by atoms with Gasteiger partial charge in [-0.2, -0.15) is 0 Å². The fourth-order valence-corrected chi connectivity index (χ4v) is 1.08. The lowest BCUT2D eigenvalue weighted by atomic mass is 10.1. The van der Waals surface area contributed by atoms with Crippen LogP contribution in [-0.4, -0.2) is 17.5 Å². The van der Waals surface area contributed by atoms with E-state index in [0.29, 0.717) is 6.42 Å². The Kier molecular flexibility index (Phi) is 3.48. The van der Waals surface area contributed by atoms with Crippen LogP contribution in [0.1, 0.15) is 12.0 Å². The molecule has 0 radical (unpaired) electrons. The minimum atomic E-state index is -0.537. The first-order valence-corrected chi connectivity index (χ1v) is 3.98. The SMILES string of the molecule is O=CC[C@@H](O)Cc1ccccc1. The smallest absolute Gasteiger partial charge is 0.122 e. The fourth-order valence-electron chi connectivity index (χ4n) is 1.08. The Morgan fingerprint density at radius 1 is 1.33 bits per heavy atom. The average Bonchev–Trinajstić information content (AvgIpc) is 2.06. The molecule has 0 unspecified atom stereocenters. The first kappa shape index (κ1) is 8.94. The molecule has 0 fully saturated rings. The van der Waals surface area contributed by atoms with Gasteiger partial charge in [-0.05, 0) is 12.0 Å². The Bertz CT molecular complexity index is 231. The molecule has 0 bridgehead atoms. The number of hydrogen-bond donors (Lipinski definition) is 1. The van der Waals surface area contributed by atoms with Crippen LogP contribution in [0.5, 0.6) is 0 Å². The molecule has 0 heterocycles. The van der Waals surface area contributed by atoms with Crippen LogP contribution in [0.3, 0.4) is 0 Å². The second kappa shape index (κ2) is 4.67. The van der Waals surface area contributed by atoms with Gasteiger partial charge in [-0.25, -0.2) is 0 Å². The largest absolute Gasteiger partial charge is 0.392 e. The van der Waals surface area contributed by atoms with Crippen LogP contribution in [0.15, 0.2) is 30.3 Å². The maximum atomic E-state index is 10.0. The average molecular weight is 164 g/mol. The van der Waals surface area contributed by atoms with Gasteiger partial charge >= 0.3 is 0 Å². The molecule has 0 saturated carbocycles.